The van der Waals surface area contributed by atoms with E-state index in [2.05, 4.69) is 103 Å². The van der Waals surface area contributed by atoms with Crippen LogP contribution in [0.4, 0.5) is 5.69 Å². The number of nitrogens with one attached hydrogen (secondary N) is 1. The Morgan fingerprint density at radius 1 is 1.03 bits per heavy atom. The molecule has 2 atom stereocenters. The second-order valence-corrected chi connectivity index (χ2v) is 11.4. The highest BCUT2D eigenvalue weighted by Gasteiger charge is 2.46. The molecule has 2 aromatic carbocycles. The molecule has 1 aliphatic heterocycles. The highest BCUT2D eigenvalue weighted by molar-refractivity contribution is 5.54. The molecule has 3 rings (SSSR count). The minimum absolute atomic E-state index is 0.0893. The Balaban J connectivity index is 1.79. The molecule has 4 nitrogen and oxygen atoms in total. The largest absolute Gasteiger partial charge is 0.485 e. The predicted molar refractivity (Wildman–Crippen MR) is 142 cm³/mol. The lowest BCUT2D eigenvalue weighted by atomic mass is 9.87. The van der Waals surface area contributed by atoms with Gasteiger partial charge in [-0.1, -0.05) is 64.8 Å². The number of hydrogen-bond acceptors (Lipinski definition) is 4. The van der Waals surface area contributed by atoms with Crippen molar-refractivity contribution in [2.75, 3.05) is 11.9 Å². The lowest BCUT2D eigenvalue weighted by Gasteiger charge is -2.45. The molecule has 0 saturated carbocycles. The van der Waals surface area contributed by atoms with E-state index in [1.165, 1.54) is 24.0 Å². The van der Waals surface area contributed by atoms with E-state index >= 15 is 0 Å². The fourth-order valence-corrected chi connectivity index (χ4v) is 4.46. The number of hydrogen-bond donors (Lipinski definition) is 1. The Kier molecular flexibility index (Phi) is 8.70. The third-order valence-electron chi connectivity index (χ3n) is 6.43. The van der Waals surface area contributed by atoms with E-state index in [-0.39, 0.29) is 23.7 Å². The van der Waals surface area contributed by atoms with Gasteiger partial charge in [-0.3, -0.25) is 0 Å². The molecule has 0 aliphatic carbocycles. The zero-order valence-electron chi connectivity index (χ0n) is 22.5. The Morgan fingerprint density at radius 3 is 2.35 bits per heavy atom. The molecule has 0 fully saturated rings. The monoisotopic (exact) mass is 467 g/mol. The van der Waals surface area contributed by atoms with Crippen molar-refractivity contribution >= 4 is 5.69 Å². The predicted octanol–water partition coefficient (Wildman–Crippen LogP) is 7.81. The van der Waals surface area contributed by atoms with Gasteiger partial charge in [0.05, 0.1) is 6.10 Å². The third-order valence-corrected chi connectivity index (χ3v) is 6.43. The van der Waals surface area contributed by atoms with Gasteiger partial charge in [0.25, 0.3) is 0 Å². The molecule has 2 aromatic rings. The summed E-state index contributed by atoms with van der Waals surface area (Å²) in [4.78, 5) is 0. The number of unbranched alkanes of at least 4 members (excludes halogenated alkanes) is 2. The minimum Gasteiger partial charge on any atom is -0.485 e. The zero-order valence-corrected chi connectivity index (χ0v) is 22.5. The molecule has 34 heavy (non-hydrogen) atoms. The Hall–Kier alpha value is -2.04. The third kappa shape index (κ3) is 6.76. The summed E-state index contributed by atoms with van der Waals surface area (Å²) in [6, 6.07) is 15.2. The van der Waals surface area contributed by atoms with Crippen molar-refractivity contribution in [2.45, 2.75) is 111 Å². The smallest absolute Gasteiger partial charge is 0.132 e. The molecule has 4 heteroatoms. The van der Waals surface area contributed by atoms with Gasteiger partial charge in [0.1, 0.15) is 23.6 Å². The first-order chi connectivity index (χ1) is 16.0. The normalized spacial score (nSPS) is 19.6. The fourth-order valence-electron chi connectivity index (χ4n) is 4.46. The van der Waals surface area contributed by atoms with E-state index in [1.54, 1.807) is 0 Å². The number of anilines is 1. The quantitative estimate of drug-likeness (QED) is 0.362. The van der Waals surface area contributed by atoms with Crippen LogP contribution in [0.15, 0.2) is 42.5 Å². The number of ether oxygens (including phenoxy) is 3. The molecule has 0 saturated heterocycles. The minimum atomic E-state index is -0.470. The van der Waals surface area contributed by atoms with E-state index in [9.17, 15) is 0 Å². The van der Waals surface area contributed by atoms with Crippen molar-refractivity contribution in [3.63, 3.8) is 0 Å². The maximum absolute atomic E-state index is 6.45. The van der Waals surface area contributed by atoms with Gasteiger partial charge >= 0.3 is 0 Å². The summed E-state index contributed by atoms with van der Waals surface area (Å²) in [5.74, 6) is 0.879. The van der Waals surface area contributed by atoms with E-state index in [0.29, 0.717) is 0 Å². The van der Waals surface area contributed by atoms with Crippen LogP contribution in [0.25, 0.3) is 0 Å². The summed E-state index contributed by atoms with van der Waals surface area (Å²) < 4.78 is 19.3. The van der Waals surface area contributed by atoms with Gasteiger partial charge in [-0.2, -0.15) is 0 Å². The highest BCUT2D eigenvalue weighted by atomic mass is 16.6. The maximum Gasteiger partial charge on any atom is 0.132 e. The van der Waals surface area contributed by atoms with E-state index in [4.69, 9.17) is 14.2 Å². The number of benzene rings is 2. The van der Waals surface area contributed by atoms with Crippen LogP contribution in [0.3, 0.4) is 0 Å². The molecule has 0 bridgehead atoms. The summed E-state index contributed by atoms with van der Waals surface area (Å²) in [5.41, 5.74) is 4.42. The Morgan fingerprint density at radius 2 is 1.74 bits per heavy atom. The molecule has 1 N–H and O–H groups in total. The summed E-state index contributed by atoms with van der Waals surface area (Å²) in [6.07, 6.45) is 3.15. The lowest BCUT2D eigenvalue weighted by Crippen LogP contribution is -2.51. The number of rotatable bonds is 10. The number of fused-ring (bicyclic) bond motifs is 1. The standard InChI is InChI=1S/C30H45NO3/c1-9-10-11-18-32-28-27(33-21(2)3)25-19-24(16-17-26(25)34-30(28,7)8)31-20-22-12-14-23(15-13-22)29(4,5)6/h12-17,19,21,27-28,31H,9-11,18,20H2,1-8H3. The second kappa shape index (κ2) is 11.1. The van der Waals surface area contributed by atoms with Crippen LogP contribution in [0.1, 0.15) is 97.4 Å². The van der Waals surface area contributed by atoms with Gasteiger partial charge in [-0.25, -0.2) is 0 Å². The molecule has 0 radical (unpaired) electrons. The molecule has 0 spiro atoms. The van der Waals surface area contributed by atoms with Crippen LogP contribution >= 0.6 is 0 Å². The van der Waals surface area contributed by atoms with Crippen LogP contribution in [-0.2, 0) is 21.4 Å². The van der Waals surface area contributed by atoms with Crippen LogP contribution in [0.2, 0.25) is 0 Å². The summed E-state index contributed by atoms with van der Waals surface area (Å²) in [5, 5.41) is 3.59. The van der Waals surface area contributed by atoms with Crippen molar-refractivity contribution in [2.24, 2.45) is 0 Å². The zero-order chi connectivity index (χ0) is 24.9. The van der Waals surface area contributed by atoms with Crippen LogP contribution in [0, 0.1) is 0 Å². The molecule has 1 aliphatic rings. The van der Waals surface area contributed by atoms with E-state index in [1.807, 2.05) is 0 Å². The van der Waals surface area contributed by atoms with Gasteiger partial charge < -0.3 is 19.5 Å². The first-order valence-corrected chi connectivity index (χ1v) is 12.9. The highest BCUT2D eigenvalue weighted by Crippen LogP contribution is 2.45. The SMILES string of the molecule is CCCCCOC1C(OC(C)C)c2cc(NCc3ccc(C(C)(C)C)cc3)ccc2OC1(C)C. The van der Waals surface area contributed by atoms with E-state index in [0.717, 1.165) is 36.6 Å². The summed E-state index contributed by atoms with van der Waals surface area (Å²) in [6.45, 7) is 18.8. The van der Waals surface area contributed by atoms with Gasteiger partial charge in [-0.15, -0.1) is 0 Å². The molecule has 0 aromatic heterocycles. The van der Waals surface area contributed by atoms with Gasteiger partial charge in [0.2, 0.25) is 0 Å². The first kappa shape index (κ1) is 26.6. The molecular formula is C30H45NO3. The first-order valence-electron chi connectivity index (χ1n) is 12.9. The summed E-state index contributed by atoms with van der Waals surface area (Å²) in [7, 11) is 0. The van der Waals surface area contributed by atoms with Crippen LogP contribution < -0.4 is 10.1 Å². The van der Waals surface area contributed by atoms with Crippen LogP contribution in [0.5, 0.6) is 5.75 Å². The maximum atomic E-state index is 6.45. The van der Waals surface area contributed by atoms with Crippen molar-refractivity contribution in [3.05, 3.63) is 59.2 Å². The average molecular weight is 468 g/mol. The van der Waals surface area contributed by atoms with E-state index < -0.39 is 5.60 Å². The Bertz CT molecular complexity index is 912. The summed E-state index contributed by atoms with van der Waals surface area (Å²) >= 11 is 0. The molecule has 0 amide bonds. The molecule has 2 unspecified atom stereocenters. The van der Waals surface area contributed by atoms with Crippen molar-refractivity contribution in [1.82, 2.24) is 0 Å². The fraction of sp³-hybridized carbons (Fsp3) is 0.600. The molecular weight excluding hydrogens is 422 g/mol. The van der Waals surface area contributed by atoms with Gasteiger partial charge in [0.15, 0.2) is 0 Å². The average Bonchev–Trinajstić information content (AvgIpc) is 2.76. The molecule has 1 heterocycles. The van der Waals surface area contributed by atoms with Crippen molar-refractivity contribution < 1.29 is 14.2 Å². The van der Waals surface area contributed by atoms with Crippen LogP contribution in [-0.4, -0.2) is 24.4 Å². The Labute approximate surface area is 207 Å². The van der Waals surface area contributed by atoms with Gasteiger partial charge in [0, 0.05) is 24.4 Å². The van der Waals surface area contributed by atoms with Gasteiger partial charge in [-0.05, 0) is 68.9 Å². The topological polar surface area (TPSA) is 39.7 Å². The van der Waals surface area contributed by atoms with Crippen molar-refractivity contribution in [1.29, 1.82) is 0 Å². The lowest BCUT2D eigenvalue weighted by molar-refractivity contribution is -0.173. The van der Waals surface area contributed by atoms with Crippen molar-refractivity contribution in [3.8, 4) is 5.75 Å². The molecule has 188 valence electrons. The second-order valence-electron chi connectivity index (χ2n) is 11.4.